The number of hydrogen-bond donors (Lipinski definition) is 2. The van der Waals surface area contributed by atoms with E-state index in [9.17, 15) is 9.59 Å². The smallest absolute Gasteiger partial charge is 0.338 e. The molecule has 7 heteroatoms. The van der Waals surface area contributed by atoms with Crippen molar-refractivity contribution in [3.8, 4) is 11.3 Å². The predicted octanol–water partition coefficient (Wildman–Crippen LogP) is 3.31. The maximum absolute atomic E-state index is 12.4. The van der Waals surface area contributed by atoms with E-state index in [4.69, 9.17) is 4.74 Å². The second-order valence-corrected chi connectivity index (χ2v) is 6.73. The van der Waals surface area contributed by atoms with Crippen LogP contribution in [0, 0.1) is 6.92 Å². The molecule has 3 rings (SSSR count). The number of amides is 2. The van der Waals surface area contributed by atoms with Gasteiger partial charge in [-0.3, -0.25) is 0 Å². The Morgan fingerprint density at radius 3 is 2.84 bits per heavy atom. The number of benzene rings is 1. The van der Waals surface area contributed by atoms with E-state index in [0.717, 1.165) is 21.8 Å². The van der Waals surface area contributed by atoms with E-state index in [1.165, 1.54) is 0 Å². The second-order valence-electron chi connectivity index (χ2n) is 5.67. The van der Waals surface area contributed by atoms with Crippen molar-refractivity contribution < 1.29 is 14.3 Å². The maximum atomic E-state index is 12.4. The first-order valence-electron chi connectivity index (χ1n) is 7.97. The quantitative estimate of drug-likeness (QED) is 0.823. The molecule has 25 heavy (non-hydrogen) atoms. The van der Waals surface area contributed by atoms with Crippen molar-refractivity contribution in [2.75, 3.05) is 6.61 Å². The average Bonchev–Trinajstić information content (AvgIpc) is 3.01. The van der Waals surface area contributed by atoms with Crippen LogP contribution in [0.3, 0.4) is 0 Å². The van der Waals surface area contributed by atoms with Crippen LogP contribution < -0.4 is 10.6 Å². The maximum Gasteiger partial charge on any atom is 0.338 e. The molecule has 0 saturated carbocycles. The highest BCUT2D eigenvalue weighted by Gasteiger charge is 2.32. The van der Waals surface area contributed by atoms with E-state index in [2.05, 4.69) is 15.6 Å². The number of aryl methyl sites for hydroxylation is 1. The molecule has 0 fully saturated rings. The molecular weight excluding hydrogens is 338 g/mol. The standard InChI is InChI=1S/C18H19N3O3S/c1-4-24-17(22)15-10(2)19-18(23)21-16(15)13-7-5-6-12(8-13)14-9-25-11(3)20-14/h5-9,16H,4H2,1-3H3,(H2,19,21,23). The van der Waals surface area contributed by atoms with Gasteiger partial charge in [0.2, 0.25) is 0 Å². The van der Waals surface area contributed by atoms with Gasteiger partial charge in [-0.25, -0.2) is 14.6 Å². The highest BCUT2D eigenvalue weighted by atomic mass is 32.1. The van der Waals surface area contributed by atoms with Crippen molar-refractivity contribution >= 4 is 23.3 Å². The summed E-state index contributed by atoms with van der Waals surface area (Å²) in [6.45, 7) is 5.68. The molecule has 1 unspecified atom stereocenters. The van der Waals surface area contributed by atoms with E-state index in [1.54, 1.807) is 25.2 Å². The SMILES string of the molecule is CCOC(=O)C1=C(C)NC(=O)NC1c1cccc(-c2csc(C)n2)c1. The van der Waals surface area contributed by atoms with Crippen molar-refractivity contribution in [2.24, 2.45) is 0 Å². The summed E-state index contributed by atoms with van der Waals surface area (Å²) in [5, 5.41) is 8.42. The summed E-state index contributed by atoms with van der Waals surface area (Å²) < 4.78 is 5.16. The van der Waals surface area contributed by atoms with Gasteiger partial charge in [0.15, 0.2) is 0 Å². The lowest BCUT2D eigenvalue weighted by atomic mass is 9.94. The largest absolute Gasteiger partial charge is 0.463 e. The summed E-state index contributed by atoms with van der Waals surface area (Å²) in [5.74, 6) is -0.438. The minimum atomic E-state index is -0.563. The number of esters is 1. The van der Waals surface area contributed by atoms with Crippen LogP contribution in [0.15, 0.2) is 40.9 Å². The fraction of sp³-hybridized carbons (Fsp3) is 0.278. The van der Waals surface area contributed by atoms with Gasteiger partial charge in [-0.05, 0) is 32.4 Å². The van der Waals surface area contributed by atoms with Gasteiger partial charge in [0.25, 0.3) is 0 Å². The summed E-state index contributed by atoms with van der Waals surface area (Å²) >= 11 is 1.58. The minimum absolute atomic E-state index is 0.272. The normalized spacial score (nSPS) is 17.1. The van der Waals surface area contributed by atoms with Crippen molar-refractivity contribution in [2.45, 2.75) is 26.8 Å². The number of nitrogens with zero attached hydrogens (tertiary/aromatic N) is 1. The first-order chi connectivity index (χ1) is 12.0. The zero-order valence-electron chi connectivity index (χ0n) is 14.3. The molecule has 2 N–H and O–H groups in total. The number of thiazole rings is 1. The number of carbonyl (C=O) groups is 2. The minimum Gasteiger partial charge on any atom is -0.463 e. The predicted molar refractivity (Wildman–Crippen MR) is 96.0 cm³/mol. The molecule has 0 saturated heterocycles. The molecule has 1 aliphatic heterocycles. The van der Waals surface area contributed by atoms with Gasteiger partial charge in [0, 0.05) is 16.6 Å². The number of rotatable bonds is 4. The number of urea groups is 1. The van der Waals surface area contributed by atoms with Crippen LogP contribution in [-0.2, 0) is 9.53 Å². The Balaban J connectivity index is 2.02. The summed E-state index contributed by atoms with van der Waals surface area (Å²) in [4.78, 5) is 28.8. The first kappa shape index (κ1) is 17.2. The molecule has 2 amide bonds. The average molecular weight is 357 g/mol. The Morgan fingerprint density at radius 1 is 1.36 bits per heavy atom. The Labute approximate surface area is 149 Å². The third-order valence-corrected chi connectivity index (χ3v) is 4.67. The fourth-order valence-corrected chi connectivity index (χ4v) is 3.42. The Hall–Kier alpha value is -2.67. The number of aromatic nitrogens is 1. The Kier molecular flexibility index (Phi) is 4.85. The van der Waals surface area contributed by atoms with Gasteiger partial charge in [-0.1, -0.05) is 18.2 Å². The number of carbonyl (C=O) groups excluding carboxylic acids is 2. The highest BCUT2D eigenvalue weighted by Crippen LogP contribution is 2.30. The van der Waals surface area contributed by atoms with Crippen LogP contribution in [0.25, 0.3) is 11.3 Å². The number of nitrogens with one attached hydrogen (secondary N) is 2. The zero-order valence-corrected chi connectivity index (χ0v) is 15.1. The van der Waals surface area contributed by atoms with E-state index in [1.807, 2.05) is 36.6 Å². The van der Waals surface area contributed by atoms with Gasteiger partial charge < -0.3 is 15.4 Å². The van der Waals surface area contributed by atoms with Crippen LogP contribution in [-0.4, -0.2) is 23.6 Å². The lowest BCUT2D eigenvalue weighted by molar-refractivity contribution is -0.139. The van der Waals surface area contributed by atoms with Crippen molar-refractivity contribution in [3.05, 3.63) is 51.5 Å². The molecule has 2 aromatic rings. The fourth-order valence-electron chi connectivity index (χ4n) is 2.80. The van der Waals surface area contributed by atoms with Gasteiger partial charge in [-0.2, -0.15) is 0 Å². The molecule has 2 heterocycles. The van der Waals surface area contributed by atoms with Crippen LogP contribution in [0.2, 0.25) is 0 Å². The summed E-state index contributed by atoms with van der Waals surface area (Å²) in [6, 6.07) is 6.77. The molecule has 0 aliphatic carbocycles. The molecule has 0 spiro atoms. The number of hydrogen-bond acceptors (Lipinski definition) is 5. The molecule has 130 valence electrons. The Morgan fingerprint density at radius 2 is 2.16 bits per heavy atom. The molecule has 1 aliphatic rings. The topological polar surface area (TPSA) is 80.3 Å². The zero-order chi connectivity index (χ0) is 18.0. The molecule has 1 aromatic carbocycles. The summed E-state index contributed by atoms with van der Waals surface area (Å²) in [7, 11) is 0. The van der Waals surface area contributed by atoms with Crippen molar-refractivity contribution in [3.63, 3.8) is 0 Å². The highest BCUT2D eigenvalue weighted by molar-refractivity contribution is 7.09. The van der Waals surface area contributed by atoms with E-state index < -0.39 is 12.0 Å². The number of allylic oxidation sites excluding steroid dienone is 1. The van der Waals surface area contributed by atoms with Gasteiger partial charge in [0.05, 0.1) is 28.9 Å². The van der Waals surface area contributed by atoms with E-state index >= 15 is 0 Å². The molecule has 0 radical (unpaired) electrons. The molecule has 1 aromatic heterocycles. The third-order valence-electron chi connectivity index (χ3n) is 3.90. The van der Waals surface area contributed by atoms with Crippen LogP contribution in [0.5, 0.6) is 0 Å². The van der Waals surface area contributed by atoms with Crippen molar-refractivity contribution in [1.82, 2.24) is 15.6 Å². The molecule has 1 atom stereocenters. The summed E-state index contributed by atoms with van der Waals surface area (Å²) in [5.41, 5.74) is 3.54. The van der Waals surface area contributed by atoms with Crippen LogP contribution in [0.4, 0.5) is 4.79 Å². The van der Waals surface area contributed by atoms with Gasteiger partial charge in [0.1, 0.15) is 0 Å². The first-order valence-corrected chi connectivity index (χ1v) is 8.85. The van der Waals surface area contributed by atoms with Crippen molar-refractivity contribution in [1.29, 1.82) is 0 Å². The third kappa shape index (κ3) is 3.56. The van der Waals surface area contributed by atoms with E-state index in [-0.39, 0.29) is 12.6 Å². The lowest BCUT2D eigenvalue weighted by Crippen LogP contribution is -2.45. The van der Waals surface area contributed by atoms with Gasteiger partial charge >= 0.3 is 12.0 Å². The Bertz CT molecular complexity index is 857. The molecule has 0 bridgehead atoms. The number of ether oxygens (including phenoxy) is 1. The molecule has 6 nitrogen and oxygen atoms in total. The summed E-state index contributed by atoms with van der Waals surface area (Å²) in [6.07, 6.45) is 0. The van der Waals surface area contributed by atoms with Crippen LogP contribution in [0.1, 0.15) is 30.5 Å². The van der Waals surface area contributed by atoms with Crippen LogP contribution >= 0.6 is 11.3 Å². The second kappa shape index (κ2) is 7.06. The van der Waals surface area contributed by atoms with Gasteiger partial charge in [-0.15, -0.1) is 11.3 Å². The molecular formula is C18H19N3O3S. The van der Waals surface area contributed by atoms with E-state index in [0.29, 0.717) is 11.3 Å². The monoisotopic (exact) mass is 357 g/mol. The lowest BCUT2D eigenvalue weighted by Gasteiger charge is -2.28.